The van der Waals surface area contributed by atoms with E-state index in [1.54, 1.807) is 54.6 Å². The van der Waals surface area contributed by atoms with E-state index in [0.717, 1.165) is 0 Å². The summed E-state index contributed by atoms with van der Waals surface area (Å²) in [5, 5.41) is 5.36. The smallest absolute Gasteiger partial charge is 0.323 e. The standard InChI is InChI=1S/C16H17ClN2O2/c1-3-5-6-7-13(4-2)18-16(20)19-14-8-10-15(11-9-14)21-12-17/h3-11H,1-2,12H2,(H2,18,19,20)/b6-5-,13-7+. The van der Waals surface area contributed by atoms with Gasteiger partial charge < -0.3 is 15.4 Å². The zero-order valence-electron chi connectivity index (χ0n) is 11.5. The summed E-state index contributed by atoms with van der Waals surface area (Å²) in [4.78, 5) is 11.8. The minimum Gasteiger partial charge on any atom is -0.478 e. The second-order valence-corrected chi connectivity index (χ2v) is 4.02. The van der Waals surface area contributed by atoms with Crippen LogP contribution < -0.4 is 15.4 Å². The molecule has 21 heavy (non-hydrogen) atoms. The molecule has 0 saturated carbocycles. The fraction of sp³-hybridized carbons (Fsp3) is 0.0625. The van der Waals surface area contributed by atoms with Gasteiger partial charge in [-0.3, -0.25) is 0 Å². The third kappa shape index (κ3) is 6.49. The van der Waals surface area contributed by atoms with Crippen LogP contribution in [0.15, 0.2) is 73.5 Å². The maximum absolute atomic E-state index is 11.8. The van der Waals surface area contributed by atoms with Crippen molar-refractivity contribution in [2.75, 3.05) is 11.4 Å². The molecule has 110 valence electrons. The van der Waals surface area contributed by atoms with Gasteiger partial charge in [0.2, 0.25) is 0 Å². The van der Waals surface area contributed by atoms with Crippen molar-refractivity contribution in [3.05, 3.63) is 73.5 Å². The maximum atomic E-state index is 11.8. The van der Waals surface area contributed by atoms with E-state index in [1.165, 1.54) is 0 Å². The first kappa shape index (κ1) is 16.6. The van der Waals surface area contributed by atoms with Gasteiger partial charge in [-0.2, -0.15) is 0 Å². The van der Waals surface area contributed by atoms with E-state index >= 15 is 0 Å². The number of carbonyl (C=O) groups is 1. The molecule has 1 aromatic carbocycles. The van der Waals surface area contributed by atoms with Crippen molar-refractivity contribution in [2.24, 2.45) is 0 Å². The molecule has 0 aliphatic heterocycles. The first-order chi connectivity index (χ1) is 10.2. The van der Waals surface area contributed by atoms with Gasteiger partial charge in [0.1, 0.15) is 5.75 Å². The Balaban J connectivity index is 2.59. The molecule has 0 radical (unpaired) electrons. The molecular weight excluding hydrogens is 288 g/mol. The molecule has 1 rings (SSSR count). The molecule has 0 aromatic heterocycles. The van der Waals surface area contributed by atoms with Crippen LogP contribution in [0.5, 0.6) is 5.75 Å². The summed E-state index contributed by atoms with van der Waals surface area (Å²) in [5.41, 5.74) is 1.21. The number of rotatable bonds is 7. The second kappa shape index (κ2) is 9.44. The predicted molar refractivity (Wildman–Crippen MR) is 87.6 cm³/mol. The normalized spacial score (nSPS) is 11.0. The fourth-order valence-corrected chi connectivity index (χ4v) is 1.52. The molecule has 0 spiro atoms. The Kier molecular flexibility index (Phi) is 7.46. The van der Waals surface area contributed by atoms with Crippen LogP contribution in [-0.2, 0) is 0 Å². The van der Waals surface area contributed by atoms with Crippen molar-refractivity contribution >= 4 is 23.3 Å². The largest absolute Gasteiger partial charge is 0.478 e. The Hall–Kier alpha value is -2.46. The highest BCUT2D eigenvalue weighted by Gasteiger charge is 2.02. The van der Waals surface area contributed by atoms with Crippen LogP contribution in [0.3, 0.4) is 0 Å². The number of nitrogens with one attached hydrogen (secondary N) is 2. The van der Waals surface area contributed by atoms with Crippen molar-refractivity contribution in [3.8, 4) is 5.75 Å². The van der Waals surface area contributed by atoms with Crippen LogP contribution in [0, 0.1) is 0 Å². The van der Waals surface area contributed by atoms with Crippen molar-refractivity contribution in [1.82, 2.24) is 5.32 Å². The highest BCUT2D eigenvalue weighted by Crippen LogP contribution is 2.15. The Morgan fingerprint density at radius 3 is 2.52 bits per heavy atom. The van der Waals surface area contributed by atoms with Gasteiger partial charge in [0.05, 0.1) is 0 Å². The van der Waals surface area contributed by atoms with E-state index in [1.807, 2.05) is 0 Å². The summed E-state index contributed by atoms with van der Waals surface area (Å²) >= 11 is 5.46. The third-order valence-corrected chi connectivity index (χ3v) is 2.44. The first-order valence-electron chi connectivity index (χ1n) is 6.18. The van der Waals surface area contributed by atoms with Gasteiger partial charge in [-0.05, 0) is 36.4 Å². The molecule has 0 saturated heterocycles. The Bertz CT molecular complexity index is 548. The number of allylic oxidation sites excluding steroid dienone is 5. The molecule has 0 unspecified atom stereocenters. The molecule has 4 nitrogen and oxygen atoms in total. The number of hydrogen-bond donors (Lipinski definition) is 2. The summed E-state index contributed by atoms with van der Waals surface area (Å²) in [6.45, 7) is 7.19. The summed E-state index contributed by atoms with van der Waals surface area (Å²) in [6, 6.07) is 6.59. The summed E-state index contributed by atoms with van der Waals surface area (Å²) < 4.78 is 5.10. The minimum atomic E-state index is -0.362. The van der Waals surface area contributed by atoms with Crippen LogP contribution in [-0.4, -0.2) is 12.1 Å². The molecule has 2 N–H and O–H groups in total. The summed E-state index contributed by atoms with van der Waals surface area (Å²) in [5.74, 6) is 0.636. The van der Waals surface area contributed by atoms with E-state index in [4.69, 9.17) is 16.3 Å². The molecule has 2 amide bonds. The van der Waals surface area contributed by atoms with Crippen LogP contribution in [0.25, 0.3) is 0 Å². The highest BCUT2D eigenvalue weighted by atomic mass is 35.5. The first-order valence-corrected chi connectivity index (χ1v) is 6.71. The van der Waals surface area contributed by atoms with Crippen LogP contribution in [0.1, 0.15) is 0 Å². The number of benzene rings is 1. The van der Waals surface area contributed by atoms with Gasteiger partial charge >= 0.3 is 6.03 Å². The average molecular weight is 305 g/mol. The van der Waals surface area contributed by atoms with E-state index in [0.29, 0.717) is 17.1 Å². The van der Waals surface area contributed by atoms with Gasteiger partial charge in [-0.1, -0.05) is 43.0 Å². The fourth-order valence-electron chi connectivity index (χ4n) is 1.39. The van der Waals surface area contributed by atoms with Gasteiger partial charge in [-0.25, -0.2) is 4.79 Å². The zero-order valence-corrected chi connectivity index (χ0v) is 12.3. The molecule has 0 aliphatic rings. The number of ether oxygens (including phenoxy) is 1. The zero-order chi connectivity index (χ0) is 15.5. The molecule has 5 heteroatoms. The third-order valence-electron chi connectivity index (χ3n) is 2.33. The van der Waals surface area contributed by atoms with E-state index in [-0.39, 0.29) is 12.1 Å². The SMILES string of the molecule is C=C/C=C\C=C(/C=C)NC(=O)Nc1ccc(OCCl)cc1. The summed E-state index contributed by atoms with van der Waals surface area (Å²) in [6.07, 6.45) is 8.40. The maximum Gasteiger partial charge on any atom is 0.323 e. The molecule has 0 fully saturated rings. The van der Waals surface area contributed by atoms with E-state index < -0.39 is 0 Å². The molecule has 0 heterocycles. The molecule has 0 atom stereocenters. The van der Waals surface area contributed by atoms with Gasteiger partial charge in [0.25, 0.3) is 0 Å². The number of halogens is 1. The lowest BCUT2D eigenvalue weighted by atomic mass is 10.3. The topological polar surface area (TPSA) is 50.4 Å². The van der Waals surface area contributed by atoms with Gasteiger partial charge in [-0.15, -0.1) is 0 Å². The van der Waals surface area contributed by atoms with Crippen molar-refractivity contribution in [3.63, 3.8) is 0 Å². The number of amides is 2. The van der Waals surface area contributed by atoms with Gasteiger partial charge in [0.15, 0.2) is 6.07 Å². The molecule has 0 bridgehead atoms. The number of alkyl halides is 1. The Morgan fingerprint density at radius 2 is 1.95 bits per heavy atom. The highest BCUT2D eigenvalue weighted by molar-refractivity contribution is 6.17. The number of anilines is 1. The number of carbonyl (C=O) groups excluding carboxylic acids is 1. The Morgan fingerprint density at radius 1 is 1.24 bits per heavy atom. The van der Waals surface area contributed by atoms with Crippen molar-refractivity contribution in [1.29, 1.82) is 0 Å². The van der Waals surface area contributed by atoms with Crippen LogP contribution in [0.2, 0.25) is 0 Å². The lowest BCUT2D eigenvalue weighted by Gasteiger charge is -2.08. The van der Waals surface area contributed by atoms with Crippen molar-refractivity contribution in [2.45, 2.75) is 0 Å². The number of hydrogen-bond acceptors (Lipinski definition) is 2. The average Bonchev–Trinajstić information content (AvgIpc) is 2.48. The molecular formula is C16H17ClN2O2. The second-order valence-electron chi connectivity index (χ2n) is 3.80. The minimum absolute atomic E-state index is 0.0823. The van der Waals surface area contributed by atoms with Crippen molar-refractivity contribution < 1.29 is 9.53 Å². The quantitative estimate of drug-likeness (QED) is 0.586. The van der Waals surface area contributed by atoms with E-state index in [2.05, 4.69) is 23.8 Å². The predicted octanol–water partition coefficient (Wildman–Crippen LogP) is 4.20. The van der Waals surface area contributed by atoms with Crippen LogP contribution in [0.4, 0.5) is 10.5 Å². The lowest BCUT2D eigenvalue weighted by Crippen LogP contribution is -2.27. The van der Waals surface area contributed by atoms with Crippen LogP contribution >= 0.6 is 11.6 Å². The number of urea groups is 1. The van der Waals surface area contributed by atoms with Gasteiger partial charge in [0, 0.05) is 11.4 Å². The molecule has 0 aliphatic carbocycles. The summed E-state index contributed by atoms with van der Waals surface area (Å²) in [7, 11) is 0. The van der Waals surface area contributed by atoms with E-state index in [9.17, 15) is 4.79 Å². The molecule has 1 aromatic rings. The Labute approximate surface area is 129 Å². The monoisotopic (exact) mass is 304 g/mol. The lowest BCUT2D eigenvalue weighted by molar-refractivity contribution is 0.254.